The molecule has 1 fully saturated rings. The molecule has 2 heterocycles. The minimum atomic E-state index is -4.84. The van der Waals surface area contributed by atoms with E-state index in [-0.39, 0.29) is 30.2 Å². The van der Waals surface area contributed by atoms with Crippen molar-refractivity contribution in [3.05, 3.63) is 64.3 Å². The van der Waals surface area contributed by atoms with Crippen molar-refractivity contribution in [3.63, 3.8) is 0 Å². The maximum Gasteiger partial charge on any atom is 0.573 e. The largest absolute Gasteiger partial charge is 0.573 e. The number of Topliss-reactive ketones (excluding diaryl/α,β-unsaturated/α-hetero) is 1. The van der Waals surface area contributed by atoms with Crippen LogP contribution in [-0.4, -0.2) is 52.5 Å². The van der Waals surface area contributed by atoms with Gasteiger partial charge in [-0.25, -0.2) is 0 Å². The number of hydrogen-bond donors (Lipinski definition) is 2. The normalized spacial score (nSPS) is 18.4. The molecule has 0 aliphatic carbocycles. The molecule has 0 radical (unpaired) electrons. The van der Waals surface area contributed by atoms with Crippen molar-refractivity contribution in [2.45, 2.75) is 31.8 Å². The zero-order valence-corrected chi connectivity index (χ0v) is 19.4. The minimum Gasteiger partial charge on any atom is -0.406 e. The topological polar surface area (TPSA) is 91.5 Å². The van der Waals surface area contributed by atoms with Gasteiger partial charge in [0.15, 0.2) is 5.78 Å². The Morgan fingerprint density at radius 2 is 1.97 bits per heavy atom. The molecule has 11 heteroatoms. The summed E-state index contributed by atoms with van der Waals surface area (Å²) in [6.07, 6.45) is -5.09. The maximum absolute atomic E-state index is 13.0. The molecule has 3 aromatic rings. The van der Waals surface area contributed by atoms with Gasteiger partial charge in [0.05, 0.1) is 12.5 Å². The molecule has 1 saturated heterocycles. The molecule has 2 unspecified atom stereocenters. The number of H-pyrrole nitrogens is 1. The van der Waals surface area contributed by atoms with Gasteiger partial charge in [-0.2, -0.15) is 0 Å². The summed E-state index contributed by atoms with van der Waals surface area (Å²) in [5.41, 5.74) is 1.38. The number of likely N-dealkylation sites (tertiary alicyclic amines) is 1. The first-order chi connectivity index (χ1) is 16.0. The first-order valence-corrected chi connectivity index (χ1v) is 11.1. The number of carbonyl (C=O) groups excluding carboxylic acids is 3. The summed E-state index contributed by atoms with van der Waals surface area (Å²) in [5.74, 6) is -1.69. The third-order valence-electron chi connectivity index (χ3n) is 5.51. The number of alkyl halides is 3. The predicted molar refractivity (Wildman–Crippen MR) is 120 cm³/mol. The molecule has 1 aliphatic rings. The highest BCUT2D eigenvalue weighted by Crippen LogP contribution is 2.25. The van der Waals surface area contributed by atoms with Gasteiger partial charge in [0.25, 0.3) is 5.91 Å². The molecule has 178 valence electrons. The minimum absolute atomic E-state index is 0.0130. The Hall–Kier alpha value is -3.34. The van der Waals surface area contributed by atoms with Crippen molar-refractivity contribution in [1.29, 1.82) is 0 Å². The third kappa shape index (κ3) is 5.24. The summed E-state index contributed by atoms with van der Waals surface area (Å²) in [7, 11) is 0. The van der Waals surface area contributed by atoms with E-state index < -0.39 is 30.1 Å². The zero-order chi connectivity index (χ0) is 24.6. The second kappa shape index (κ2) is 9.13. The fraction of sp³-hybridized carbons (Fsp3) is 0.261. The van der Waals surface area contributed by atoms with Crippen LogP contribution in [0.1, 0.15) is 23.0 Å². The summed E-state index contributed by atoms with van der Waals surface area (Å²) in [6.45, 7) is 1.57. The predicted octanol–water partition coefficient (Wildman–Crippen LogP) is 3.97. The van der Waals surface area contributed by atoms with Crippen molar-refractivity contribution in [1.82, 2.24) is 15.2 Å². The maximum atomic E-state index is 13.0. The van der Waals surface area contributed by atoms with Crippen LogP contribution in [0.3, 0.4) is 0 Å². The van der Waals surface area contributed by atoms with E-state index in [1.54, 1.807) is 13.0 Å². The Labute approximate surface area is 200 Å². The third-order valence-corrected chi connectivity index (χ3v) is 6.00. The van der Waals surface area contributed by atoms with Crippen molar-refractivity contribution in [2.24, 2.45) is 0 Å². The number of fused-ring (bicyclic) bond motifs is 1. The van der Waals surface area contributed by atoms with Gasteiger partial charge in [0.2, 0.25) is 5.91 Å². The number of carbonyl (C=O) groups is 3. The molecule has 0 spiro atoms. The van der Waals surface area contributed by atoms with Crippen molar-refractivity contribution < 1.29 is 32.3 Å². The van der Waals surface area contributed by atoms with E-state index in [0.717, 1.165) is 27.5 Å². The summed E-state index contributed by atoms with van der Waals surface area (Å²) in [4.78, 5) is 42.6. The molecular weight excluding hydrogens is 519 g/mol. The smallest absolute Gasteiger partial charge is 0.406 e. The van der Waals surface area contributed by atoms with Crippen LogP contribution in [0.4, 0.5) is 13.2 Å². The van der Waals surface area contributed by atoms with Crippen LogP contribution in [0.15, 0.2) is 53.0 Å². The molecule has 2 aromatic carbocycles. The van der Waals surface area contributed by atoms with E-state index in [1.165, 1.54) is 17.0 Å². The van der Waals surface area contributed by atoms with Crippen molar-refractivity contribution in [2.75, 3.05) is 6.54 Å². The van der Waals surface area contributed by atoms with E-state index in [0.29, 0.717) is 5.69 Å². The van der Waals surface area contributed by atoms with Crippen LogP contribution in [0.2, 0.25) is 0 Å². The highest BCUT2D eigenvalue weighted by molar-refractivity contribution is 9.10. The lowest BCUT2D eigenvalue weighted by molar-refractivity contribution is -0.274. The number of rotatable bonds is 5. The highest BCUT2D eigenvalue weighted by Gasteiger charge is 2.41. The average molecular weight is 538 g/mol. The molecule has 7 nitrogen and oxygen atoms in total. The van der Waals surface area contributed by atoms with Gasteiger partial charge in [0, 0.05) is 21.9 Å². The van der Waals surface area contributed by atoms with Crippen LogP contribution < -0.4 is 10.1 Å². The number of aromatic nitrogens is 1. The lowest BCUT2D eigenvalue weighted by atomic mass is 10.1. The van der Waals surface area contributed by atoms with Crippen LogP contribution in [0.25, 0.3) is 10.9 Å². The molecule has 0 bridgehead atoms. The molecule has 0 saturated carbocycles. The fourth-order valence-corrected chi connectivity index (χ4v) is 4.30. The lowest BCUT2D eigenvalue weighted by Gasteiger charge is -2.19. The van der Waals surface area contributed by atoms with Gasteiger partial charge in [-0.1, -0.05) is 28.1 Å². The summed E-state index contributed by atoms with van der Waals surface area (Å²) in [5, 5.41) is 3.41. The van der Waals surface area contributed by atoms with Gasteiger partial charge < -0.3 is 19.9 Å². The number of ketones is 1. The number of nitrogens with zero attached hydrogens (tertiary/aromatic N) is 1. The molecule has 1 aliphatic heterocycles. The number of halogens is 4. The standard InChI is InChI=1S/C23H19BrF3N3O4/c1-12-21(32)19(29-20(31)8-13-3-2-4-16(7-13)34-23(25,26)27)11-30(12)22(33)18-10-14-9-15(24)5-6-17(14)28-18/h2-7,9-10,12,19,28H,8,11H2,1H3,(H,29,31). The molecule has 4 rings (SSSR count). The molecule has 2 amide bonds. The average Bonchev–Trinajstić information content (AvgIpc) is 3.28. The van der Waals surface area contributed by atoms with Crippen LogP contribution in [0, 0.1) is 0 Å². The molecule has 1 aromatic heterocycles. The Bertz CT molecular complexity index is 1270. The van der Waals surface area contributed by atoms with E-state index in [4.69, 9.17) is 0 Å². The Kier molecular flexibility index (Phi) is 6.39. The van der Waals surface area contributed by atoms with Gasteiger partial charge >= 0.3 is 6.36 Å². The number of benzene rings is 2. The molecule has 34 heavy (non-hydrogen) atoms. The van der Waals surface area contributed by atoms with Crippen LogP contribution >= 0.6 is 15.9 Å². The Balaban J connectivity index is 1.41. The number of amides is 2. The lowest BCUT2D eigenvalue weighted by Crippen LogP contribution is -2.42. The summed E-state index contributed by atoms with van der Waals surface area (Å²) in [6, 6.07) is 10.6. The second-order valence-electron chi connectivity index (χ2n) is 7.94. The molecular formula is C23H19BrF3N3O4. The van der Waals surface area contributed by atoms with Gasteiger partial charge in [-0.15, -0.1) is 13.2 Å². The van der Waals surface area contributed by atoms with E-state index in [9.17, 15) is 27.6 Å². The summed E-state index contributed by atoms with van der Waals surface area (Å²) >= 11 is 3.38. The fourth-order valence-electron chi connectivity index (χ4n) is 3.92. The van der Waals surface area contributed by atoms with Crippen LogP contribution in [-0.2, 0) is 16.0 Å². The number of aromatic amines is 1. The molecule has 2 atom stereocenters. The van der Waals surface area contributed by atoms with Crippen molar-refractivity contribution >= 4 is 44.4 Å². The number of nitrogens with one attached hydrogen (secondary N) is 2. The van der Waals surface area contributed by atoms with Gasteiger partial charge in [-0.3, -0.25) is 14.4 Å². The summed E-state index contributed by atoms with van der Waals surface area (Å²) < 4.78 is 42.0. The molecule has 2 N–H and O–H groups in total. The monoisotopic (exact) mass is 537 g/mol. The van der Waals surface area contributed by atoms with E-state index in [2.05, 4.69) is 31.0 Å². The number of hydrogen-bond acceptors (Lipinski definition) is 4. The Morgan fingerprint density at radius 3 is 2.71 bits per heavy atom. The second-order valence-corrected chi connectivity index (χ2v) is 8.86. The van der Waals surface area contributed by atoms with Gasteiger partial charge in [0.1, 0.15) is 17.5 Å². The van der Waals surface area contributed by atoms with E-state index in [1.807, 2.05) is 18.2 Å². The zero-order valence-electron chi connectivity index (χ0n) is 17.8. The first kappa shape index (κ1) is 23.8. The van der Waals surface area contributed by atoms with Gasteiger partial charge in [-0.05, 0) is 48.9 Å². The van der Waals surface area contributed by atoms with E-state index >= 15 is 0 Å². The van der Waals surface area contributed by atoms with Crippen LogP contribution in [0.5, 0.6) is 5.75 Å². The Morgan fingerprint density at radius 1 is 1.21 bits per heavy atom. The SMILES string of the molecule is CC1C(=O)C(NC(=O)Cc2cccc(OC(F)(F)F)c2)CN1C(=O)c1cc2cc(Br)ccc2[nH]1. The van der Waals surface area contributed by atoms with Crippen molar-refractivity contribution in [3.8, 4) is 5.75 Å². The number of ether oxygens (including phenoxy) is 1. The highest BCUT2D eigenvalue weighted by atomic mass is 79.9. The quantitative estimate of drug-likeness (QED) is 0.515. The first-order valence-electron chi connectivity index (χ1n) is 10.3.